The van der Waals surface area contributed by atoms with Crippen LogP contribution in [-0.4, -0.2) is 33.0 Å². The van der Waals surface area contributed by atoms with Crippen molar-refractivity contribution in [3.63, 3.8) is 0 Å². The second kappa shape index (κ2) is 8.09. The Balaban J connectivity index is 4.26. The van der Waals surface area contributed by atoms with Crippen LogP contribution in [0, 0.1) is 5.41 Å². The van der Waals surface area contributed by atoms with Gasteiger partial charge in [-0.25, -0.2) is 8.42 Å². The van der Waals surface area contributed by atoms with E-state index < -0.39 is 9.84 Å². The van der Waals surface area contributed by atoms with Crippen molar-refractivity contribution >= 4 is 9.84 Å². The van der Waals surface area contributed by atoms with Gasteiger partial charge in [-0.2, -0.15) is 0 Å². The molecule has 0 rings (SSSR count). The highest BCUT2D eigenvalue weighted by atomic mass is 32.2. The van der Waals surface area contributed by atoms with E-state index in [1.165, 1.54) is 0 Å². The van der Waals surface area contributed by atoms with Crippen LogP contribution >= 0.6 is 0 Å². The van der Waals surface area contributed by atoms with Crippen LogP contribution in [0.25, 0.3) is 0 Å². The van der Waals surface area contributed by atoms with Crippen molar-refractivity contribution in [3.8, 4) is 0 Å². The molecule has 0 saturated carbocycles. The van der Waals surface area contributed by atoms with Gasteiger partial charge in [0.05, 0.1) is 5.75 Å². The van der Waals surface area contributed by atoms with Crippen LogP contribution in [0.1, 0.15) is 53.4 Å². The summed E-state index contributed by atoms with van der Waals surface area (Å²) in [7, 11) is -2.80. The first-order valence-electron chi connectivity index (χ1n) is 6.86. The fourth-order valence-electron chi connectivity index (χ4n) is 2.14. The number of hydrogen-bond donors (Lipinski definition) is 1. The summed E-state index contributed by atoms with van der Waals surface area (Å²) >= 11 is 0. The molecule has 0 spiro atoms. The van der Waals surface area contributed by atoms with E-state index in [0.717, 1.165) is 38.8 Å². The third kappa shape index (κ3) is 6.41. The van der Waals surface area contributed by atoms with E-state index in [1.807, 2.05) is 0 Å². The fraction of sp³-hybridized carbons (Fsp3) is 1.00. The second-order valence-electron chi connectivity index (χ2n) is 4.83. The lowest BCUT2D eigenvalue weighted by molar-refractivity contribution is 0.228. The molecule has 3 nitrogen and oxygen atoms in total. The van der Waals surface area contributed by atoms with Crippen molar-refractivity contribution in [2.45, 2.75) is 53.4 Å². The Morgan fingerprint density at radius 1 is 1.06 bits per heavy atom. The summed E-state index contributed by atoms with van der Waals surface area (Å²) in [6.07, 6.45) is 4.03. The van der Waals surface area contributed by atoms with E-state index in [1.54, 1.807) is 6.92 Å². The Hall–Kier alpha value is -0.0900. The van der Waals surface area contributed by atoms with Gasteiger partial charge in [-0.05, 0) is 37.6 Å². The van der Waals surface area contributed by atoms with Crippen LogP contribution in [0.15, 0.2) is 0 Å². The van der Waals surface area contributed by atoms with Crippen LogP contribution in [0.3, 0.4) is 0 Å². The average molecular weight is 263 g/mol. The molecule has 4 heteroatoms. The second-order valence-corrected chi connectivity index (χ2v) is 7.30. The molecule has 0 aliphatic heterocycles. The first-order chi connectivity index (χ1) is 7.95. The van der Waals surface area contributed by atoms with Crippen molar-refractivity contribution in [1.29, 1.82) is 0 Å². The van der Waals surface area contributed by atoms with Gasteiger partial charge < -0.3 is 5.32 Å². The van der Waals surface area contributed by atoms with Gasteiger partial charge in [0.25, 0.3) is 0 Å². The molecule has 0 aliphatic carbocycles. The van der Waals surface area contributed by atoms with Crippen molar-refractivity contribution in [1.82, 2.24) is 5.32 Å². The van der Waals surface area contributed by atoms with E-state index in [2.05, 4.69) is 26.1 Å². The van der Waals surface area contributed by atoms with E-state index in [4.69, 9.17) is 0 Å². The first kappa shape index (κ1) is 16.9. The van der Waals surface area contributed by atoms with Gasteiger partial charge in [0.1, 0.15) is 9.84 Å². The zero-order valence-corrected chi connectivity index (χ0v) is 12.7. The van der Waals surface area contributed by atoms with Crippen LogP contribution in [-0.2, 0) is 9.84 Å². The highest BCUT2D eigenvalue weighted by Crippen LogP contribution is 2.31. The highest BCUT2D eigenvalue weighted by molar-refractivity contribution is 7.91. The lowest BCUT2D eigenvalue weighted by Gasteiger charge is -2.32. The zero-order chi connectivity index (χ0) is 13.4. The summed E-state index contributed by atoms with van der Waals surface area (Å²) in [5.41, 5.74) is 0.277. The molecule has 104 valence electrons. The first-order valence-corrected chi connectivity index (χ1v) is 8.68. The van der Waals surface area contributed by atoms with Gasteiger partial charge >= 0.3 is 0 Å². The molecular weight excluding hydrogens is 234 g/mol. The molecule has 0 heterocycles. The van der Waals surface area contributed by atoms with E-state index in [0.29, 0.717) is 5.75 Å². The molecule has 0 radical (unpaired) electrons. The van der Waals surface area contributed by atoms with Crippen molar-refractivity contribution in [2.24, 2.45) is 5.41 Å². The predicted molar refractivity (Wildman–Crippen MR) is 75.1 cm³/mol. The van der Waals surface area contributed by atoms with Crippen LogP contribution in [0.4, 0.5) is 0 Å². The topological polar surface area (TPSA) is 46.2 Å². The lowest BCUT2D eigenvalue weighted by atomic mass is 9.78. The molecule has 0 aromatic heterocycles. The molecule has 1 N–H and O–H groups in total. The molecule has 0 unspecified atom stereocenters. The smallest absolute Gasteiger partial charge is 0.150 e. The zero-order valence-electron chi connectivity index (χ0n) is 11.9. The van der Waals surface area contributed by atoms with Gasteiger partial charge in [0.15, 0.2) is 0 Å². The number of sulfone groups is 1. The molecule has 0 aliphatic rings. The van der Waals surface area contributed by atoms with Gasteiger partial charge in [0, 0.05) is 12.3 Å². The van der Waals surface area contributed by atoms with Gasteiger partial charge in [-0.15, -0.1) is 0 Å². The minimum atomic E-state index is -2.80. The maximum absolute atomic E-state index is 11.5. The van der Waals surface area contributed by atoms with E-state index in [9.17, 15) is 8.42 Å². The molecule has 0 aromatic rings. The average Bonchev–Trinajstić information content (AvgIpc) is 2.34. The molecule has 0 saturated heterocycles. The van der Waals surface area contributed by atoms with Gasteiger partial charge in [0.2, 0.25) is 0 Å². The van der Waals surface area contributed by atoms with Crippen LogP contribution in [0.2, 0.25) is 0 Å². The van der Waals surface area contributed by atoms with Crippen molar-refractivity contribution in [3.05, 3.63) is 0 Å². The summed E-state index contributed by atoms with van der Waals surface area (Å²) in [5.74, 6) is 0.614. The minimum Gasteiger partial charge on any atom is -0.316 e. The Morgan fingerprint density at radius 3 is 2.06 bits per heavy atom. The highest BCUT2D eigenvalue weighted by Gasteiger charge is 2.25. The normalized spacial score (nSPS) is 12.9. The molecule has 0 fully saturated rings. The van der Waals surface area contributed by atoms with Crippen molar-refractivity contribution < 1.29 is 8.42 Å². The van der Waals surface area contributed by atoms with Gasteiger partial charge in [-0.3, -0.25) is 0 Å². The summed E-state index contributed by atoms with van der Waals surface area (Å²) in [4.78, 5) is 0. The molecule has 0 bridgehead atoms. The molecule has 0 aromatic carbocycles. The summed E-state index contributed by atoms with van der Waals surface area (Å²) in [5, 5.41) is 3.40. The third-order valence-electron chi connectivity index (χ3n) is 3.85. The number of rotatable bonds is 10. The Labute approximate surface area is 107 Å². The molecule has 17 heavy (non-hydrogen) atoms. The predicted octanol–water partition coefficient (Wildman–Crippen LogP) is 2.62. The van der Waals surface area contributed by atoms with Crippen LogP contribution in [0.5, 0.6) is 0 Å². The molecular formula is C13H29NO2S. The summed E-state index contributed by atoms with van der Waals surface area (Å²) < 4.78 is 22.9. The lowest BCUT2D eigenvalue weighted by Crippen LogP contribution is -2.34. The van der Waals surface area contributed by atoms with Gasteiger partial charge in [-0.1, -0.05) is 27.7 Å². The maximum Gasteiger partial charge on any atom is 0.150 e. The quantitative estimate of drug-likeness (QED) is 0.659. The minimum absolute atomic E-state index is 0.269. The molecule has 0 atom stereocenters. The van der Waals surface area contributed by atoms with Crippen LogP contribution < -0.4 is 5.32 Å². The van der Waals surface area contributed by atoms with E-state index >= 15 is 0 Å². The number of nitrogens with one attached hydrogen (secondary N) is 1. The maximum atomic E-state index is 11.5. The number of hydrogen-bond acceptors (Lipinski definition) is 3. The monoisotopic (exact) mass is 263 g/mol. The Kier molecular flexibility index (Phi) is 8.05. The fourth-order valence-corrected chi connectivity index (χ4v) is 3.02. The summed E-state index contributed by atoms with van der Waals surface area (Å²) in [6, 6.07) is 0. The summed E-state index contributed by atoms with van der Waals surface area (Å²) in [6.45, 7) is 10.2. The largest absolute Gasteiger partial charge is 0.316 e. The Morgan fingerprint density at radius 2 is 1.65 bits per heavy atom. The van der Waals surface area contributed by atoms with E-state index in [-0.39, 0.29) is 11.2 Å². The SMILES string of the molecule is CCNCC(CC)(CC)CCCS(=O)(=O)CC. The standard InChI is InChI=1S/C13H29NO2S/c1-5-13(6-2,12-14-7-3)10-9-11-17(15,16)8-4/h14H,5-12H2,1-4H3. The third-order valence-corrected chi connectivity index (χ3v) is 5.64. The molecule has 0 amide bonds. The Bertz CT molecular complexity index is 282. The van der Waals surface area contributed by atoms with Crippen molar-refractivity contribution in [2.75, 3.05) is 24.6 Å².